The van der Waals surface area contributed by atoms with Gasteiger partial charge in [0.15, 0.2) is 0 Å². The van der Waals surface area contributed by atoms with E-state index in [0.29, 0.717) is 0 Å². The molecule has 0 rings (SSSR count). The molecule has 0 fully saturated rings. The van der Waals surface area contributed by atoms with Gasteiger partial charge in [0.05, 0.1) is 0 Å². The molecule has 0 aromatic carbocycles. The van der Waals surface area contributed by atoms with Crippen molar-refractivity contribution in [2.24, 2.45) is 0 Å². The molecule has 0 aliphatic heterocycles. The Labute approximate surface area is 124 Å². The van der Waals surface area contributed by atoms with Crippen LogP contribution < -0.4 is 0 Å². The third-order valence-corrected chi connectivity index (χ3v) is 2.69. The van der Waals surface area contributed by atoms with Crippen LogP contribution in [0.2, 0.25) is 0 Å². The summed E-state index contributed by atoms with van der Waals surface area (Å²) in [5.74, 6) is 11.8. The summed E-state index contributed by atoms with van der Waals surface area (Å²) in [6, 6.07) is 0. The van der Waals surface area contributed by atoms with E-state index in [1.165, 1.54) is 0 Å². The van der Waals surface area contributed by atoms with Crippen molar-refractivity contribution in [1.29, 1.82) is 0 Å². The van der Waals surface area contributed by atoms with Crippen LogP contribution >= 0.6 is 0 Å². The van der Waals surface area contributed by atoms with E-state index in [0.717, 1.165) is 33.4 Å². The molecule has 102 valence electrons. The normalized spacial score (nSPS) is 10.6. The minimum absolute atomic E-state index is 0.728. The molecule has 0 heterocycles. The molecule has 0 aromatic rings. The molecule has 0 spiro atoms. The molecule has 0 N–H and O–H groups in total. The van der Waals surface area contributed by atoms with E-state index in [9.17, 15) is 0 Å². The lowest BCUT2D eigenvalue weighted by Gasteiger charge is -2.05. The van der Waals surface area contributed by atoms with E-state index in [4.69, 9.17) is 0 Å². The zero-order valence-electron chi connectivity index (χ0n) is 13.0. The fraction of sp³-hybridized carbons (Fsp3) is 0.200. The van der Waals surface area contributed by atoms with Gasteiger partial charge < -0.3 is 0 Å². The van der Waals surface area contributed by atoms with Gasteiger partial charge in [-0.05, 0) is 44.9 Å². The summed E-state index contributed by atoms with van der Waals surface area (Å²) >= 11 is 0. The first-order chi connectivity index (χ1) is 9.29. The van der Waals surface area contributed by atoms with Crippen molar-refractivity contribution in [3.05, 3.63) is 71.9 Å². The highest BCUT2D eigenvalue weighted by molar-refractivity contribution is 5.55. The Kier molecular flexibility index (Phi) is 7.57. The van der Waals surface area contributed by atoms with Crippen molar-refractivity contribution in [2.75, 3.05) is 0 Å². The third kappa shape index (κ3) is 6.48. The van der Waals surface area contributed by atoms with Gasteiger partial charge in [-0.2, -0.15) is 0 Å². The second kappa shape index (κ2) is 8.63. The maximum Gasteiger partial charge on any atom is 0.0209 e. The molecule has 0 radical (unpaired) electrons. The molecule has 0 amide bonds. The van der Waals surface area contributed by atoms with Gasteiger partial charge in [0, 0.05) is 16.7 Å². The first-order valence-corrected chi connectivity index (χ1v) is 6.32. The molecule has 0 bridgehead atoms. The highest BCUT2D eigenvalue weighted by atomic mass is 14.0. The standard InChI is InChI=1S/C20H22/c1-9-10-17(5)19(7)20(8)18(6)14-13-16(4)12-11-15(2)3/h11-12H,2,4-6H2,1,3,7-8H3/b12-11-,20-19-. The largest absolute Gasteiger partial charge is 0.101 e. The highest BCUT2D eigenvalue weighted by Crippen LogP contribution is 2.17. The number of rotatable bonds is 4. The van der Waals surface area contributed by atoms with Crippen LogP contribution in [-0.2, 0) is 0 Å². The van der Waals surface area contributed by atoms with Crippen molar-refractivity contribution in [3.63, 3.8) is 0 Å². The quantitative estimate of drug-likeness (QED) is 0.485. The molecule has 0 aliphatic rings. The molecule has 0 atom stereocenters. The molecule has 0 aromatic heterocycles. The van der Waals surface area contributed by atoms with Crippen molar-refractivity contribution >= 4 is 0 Å². The summed E-state index contributed by atoms with van der Waals surface area (Å²) < 4.78 is 0. The van der Waals surface area contributed by atoms with Gasteiger partial charge in [-0.1, -0.05) is 55.7 Å². The Morgan fingerprint density at radius 1 is 0.750 bits per heavy atom. The maximum atomic E-state index is 3.98. The molecule has 20 heavy (non-hydrogen) atoms. The summed E-state index contributed by atoms with van der Waals surface area (Å²) in [6.45, 7) is 23.2. The molecule has 0 aliphatic carbocycles. The summed E-state index contributed by atoms with van der Waals surface area (Å²) in [7, 11) is 0. The molecule has 0 unspecified atom stereocenters. The van der Waals surface area contributed by atoms with Crippen LogP contribution in [0, 0.1) is 23.7 Å². The van der Waals surface area contributed by atoms with Gasteiger partial charge >= 0.3 is 0 Å². The summed E-state index contributed by atoms with van der Waals surface area (Å²) in [4.78, 5) is 0. The lowest BCUT2D eigenvalue weighted by molar-refractivity contribution is 1.32. The van der Waals surface area contributed by atoms with Crippen molar-refractivity contribution in [3.8, 4) is 23.7 Å². The molecule has 0 heteroatoms. The van der Waals surface area contributed by atoms with E-state index in [2.05, 4.69) is 50.0 Å². The zero-order chi connectivity index (χ0) is 15.7. The predicted molar refractivity (Wildman–Crippen MR) is 91.0 cm³/mol. The summed E-state index contributed by atoms with van der Waals surface area (Å²) in [5.41, 5.74) is 5.27. The average Bonchev–Trinajstić information content (AvgIpc) is 2.40. The van der Waals surface area contributed by atoms with Crippen molar-refractivity contribution in [2.45, 2.75) is 27.7 Å². The minimum atomic E-state index is 0.728. The van der Waals surface area contributed by atoms with Gasteiger partial charge in [0.1, 0.15) is 0 Å². The van der Waals surface area contributed by atoms with Crippen LogP contribution in [0.1, 0.15) is 27.7 Å². The SMILES string of the molecule is C=C(C)/C=C\C(=C)C#CC(=C)/C(C)=C(/C)C(=C)C#CC. The second-order valence-electron chi connectivity index (χ2n) is 4.54. The molecule has 0 saturated carbocycles. The van der Waals surface area contributed by atoms with E-state index in [1.54, 1.807) is 6.92 Å². The second-order valence-corrected chi connectivity index (χ2v) is 4.54. The van der Waals surface area contributed by atoms with Crippen LogP contribution in [-0.4, -0.2) is 0 Å². The average molecular weight is 262 g/mol. The van der Waals surface area contributed by atoms with E-state index >= 15 is 0 Å². The van der Waals surface area contributed by atoms with Gasteiger partial charge in [0.2, 0.25) is 0 Å². The molecular weight excluding hydrogens is 240 g/mol. The highest BCUT2D eigenvalue weighted by Gasteiger charge is 2.01. The number of hydrogen-bond acceptors (Lipinski definition) is 0. The van der Waals surface area contributed by atoms with Gasteiger partial charge in [-0.25, -0.2) is 0 Å². The van der Waals surface area contributed by atoms with E-state index in [-0.39, 0.29) is 0 Å². The lowest BCUT2D eigenvalue weighted by Crippen LogP contribution is -1.89. The monoisotopic (exact) mass is 262 g/mol. The fourth-order valence-corrected chi connectivity index (χ4v) is 1.23. The molecular formula is C20H22. The Hall–Kier alpha value is -2.44. The minimum Gasteiger partial charge on any atom is -0.101 e. The van der Waals surface area contributed by atoms with Gasteiger partial charge in [-0.3, -0.25) is 0 Å². The van der Waals surface area contributed by atoms with Gasteiger partial charge in [-0.15, -0.1) is 5.92 Å². The van der Waals surface area contributed by atoms with Crippen LogP contribution in [0.25, 0.3) is 0 Å². The number of allylic oxidation sites excluding steroid dienone is 8. The molecule has 0 nitrogen and oxygen atoms in total. The first-order valence-electron chi connectivity index (χ1n) is 6.32. The van der Waals surface area contributed by atoms with Crippen LogP contribution in [0.3, 0.4) is 0 Å². The lowest BCUT2D eigenvalue weighted by atomic mass is 9.99. The Morgan fingerprint density at radius 2 is 1.25 bits per heavy atom. The smallest absolute Gasteiger partial charge is 0.0209 e. The first kappa shape index (κ1) is 17.6. The summed E-state index contributed by atoms with van der Waals surface area (Å²) in [5, 5.41) is 0. The Bertz CT molecular complexity index is 623. The third-order valence-electron chi connectivity index (χ3n) is 2.69. The topological polar surface area (TPSA) is 0 Å². The van der Waals surface area contributed by atoms with Crippen molar-refractivity contribution < 1.29 is 0 Å². The van der Waals surface area contributed by atoms with Gasteiger partial charge in [0.25, 0.3) is 0 Å². The fourth-order valence-electron chi connectivity index (χ4n) is 1.23. The maximum absolute atomic E-state index is 3.98. The Morgan fingerprint density at radius 3 is 1.70 bits per heavy atom. The summed E-state index contributed by atoms with van der Waals surface area (Å²) in [6.07, 6.45) is 3.72. The Balaban J connectivity index is 5.07. The van der Waals surface area contributed by atoms with E-state index in [1.807, 2.05) is 32.9 Å². The van der Waals surface area contributed by atoms with Crippen LogP contribution in [0.15, 0.2) is 71.9 Å². The number of hydrogen-bond donors (Lipinski definition) is 0. The predicted octanol–water partition coefficient (Wildman–Crippen LogP) is 5.15. The zero-order valence-corrected chi connectivity index (χ0v) is 13.0. The molecule has 0 saturated heterocycles. The van der Waals surface area contributed by atoms with Crippen LogP contribution in [0.5, 0.6) is 0 Å². The van der Waals surface area contributed by atoms with Crippen LogP contribution in [0.4, 0.5) is 0 Å². The van der Waals surface area contributed by atoms with Crippen molar-refractivity contribution in [1.82, 2.24) is 0 Å². The van der Waals surface area contributed by atoms with E-state index < -0.39 is 0 Å².